The van der Waals surface area contributed by atoms with Gasteiger partial charge in [0, 0.05) is 5.69 Å². The summed E-state index contributed by atoms with van der Waals surface area (Å²) in [6, 6.07) is 13.0. The first-order valence-electron chi connectivity index (χ1n) is 7.73. The molecule has 4 N–H and O–H groups in total. The van der Waals surface area contributed by atoms with Crippen molar-refractivity contribution in [1.82, 2.24) is 19.9 Å². The maximum Gasteiger partial charge on any atom is 0.323 e. The third-order valence-corrected chi connectivity index (χ3v) is 4.79. The summed E-state index contributed by atoms with van der Waals surface area (Å²) in [4.78, 5) is 36.7. The molecule has 7 nitrogen and oxygen atoms in total. The molecule has 126 valence electrons. The number of aromatic nitrogens is 4. The van der Waals surface area contributed by atoms with Crippen LogP contribution in [0.2, 0.25) is 0 Å². The number of fused-ring (bicyclic) bond motifs is 2. The van der Waals surface area contributed by atoms with Crippen LogP contribution < -0.4 is 11.0 Å². The van der Waals surface area contributed by atoms with Crippen molar-refractivity contribution in [1.29, 1.82) is 0 Å². The van der Waals surface area contributed by atoms with Gasteiger partial charge in [-0.25, -0.2) is 9.78 Å². The molecule has 1 amide bonds. The molecule has 0 saturated heterocycles. The van der Waals surface area contributed by atoms with Crippen molar-refractivity contribution >= 4 is 45.4 Å². The SMILES string of the molecule is CC(Sc1nc2ccccc2[nH]1)C(=O)Nc1ccc2[nH]c(=O)[nH]c2c1. The summed E-state index contributed by atoms with van der Waals surface area (Å²) in [6.07, 6.45) is 0. The molecule has 2 aromatic carbocycles. The number of carbonyl (C=O) groups excluding carboxylic acids is 1. The number of H-pyrrole nitrogens is 3. The highest BCUT2D eigenvalue weighted by atomic mass is 32.2. The minimum atomic E-state index is -0.332. The Hall–Kier alpha value is -3.00. The van der Waals surface area contributed by atoms with E-state index < -0.39 is 0 Å². The normalized spacial score (nSPS) is 12.5. The Balaban J connectivity index is 1.48. The fourth-order valence-electron chi connectivity index (χ4n) is 2.56. The smallest absolute Gasteiger partial charge is 0.323 e. The van der Waals surface area contributed by atoms with Crippen LogP contribution in [0.25, 0.3) is 22.1 Å². The highest BCUT2D eigenvalue weighted by Crippen LogP contribution is 2.24. The van der Waals surface area contributed by atoms with Crippen LogP contribution in [0.5, 0.6) is 0 Å². The van der Waals surface area contributed by atoms with E-state index in [2.05, 4.69) is 25.3 Å². The topological polar surface area (TPSA) is 106 Å². The van der Waals surface area contributed by atoms with E-state index in [1.54, 1.807) is 18.2 Å². The molecule has 25 heavy (non-hydrogen) atoms. The van der Waals surface area contributed by atoms with Gasteiger partial charge in [-0.2, -0.15) is 0 Å². The van der Waals surface area contributed by atoms with Crippen molar-refractivity contribution in [3.63, 3.8) is 0 Å². The van der Waals surface area contributed by atoms with E-state index in [4.69, 9.17) is 0 Å². The molecule has 8 heteroatoms. The molecule has 4 aromatic rings. The van der Waals surface area contributed by atoms with Crippen molar-refractivity contribution < 1.29 is 4.79 Å². The Labute approximate surface area is 146 Å². The number of nitrogens with zero attached hydrogens (tertiary/aromatic N) is 1. The largest absolute Gasteiger partial charge is 0.333 e. The van der Waals surface area contributed by atoms with Crippen molar-refractivity contribution in [2.75, 3.05) is 5.32 Å². The van der Waals surface area contributed by atoms with Crippen molar-refractivity contribution in [3.8, 4) is 0 Å². The quantitative estimate of drug-likeness (QED) is 0.423. The van der Waals surface area contributed by atoms with Gasteiger partial charge in [-0.3, -0.25) is 4.79 Å². The first-order valence-corrected chi connectivity index (χ1v) is 8.61. The van der Waals surface area contributed by atoms with Crippen LogP contribution in [0, 0.1) is 0 Å². The molecule has 0 spiro atoms. The zero-order valence-corrected chi connectivity index (χ0v) is 14.1. The highest BCUT2D eigenvalue weighted by molar-refractivity contribution is 8.00. The van der Waals surface area contributed by atoms with E-state index in [-0.39, 0.29) is 16.8 Å². The van der Waals surface area contributed by atoms with Gasteiger partial charge in [-0.15, -0.1) is 0 Å². The van der Waals surface area contributed by atoms with E-state index in [0.717, 1.165) is 11.0 Å². The predicted octanol–water partition coefficient (Wildman–Crippen LogP) is 2.85. The number of carbonyl (C=O) groups is 1. The predicted molar refractivity (Wildman–Crippen MR) is 99.0 cm³/mol. The number of hydrogen-bond donors (Lipinski definition) is 4. The van der Waals surface area contributed by atoms with Crippen molar-refractivity contribution in [2.24, 2.45) is 0 Å². The molecule has 1 unspecified atom stereocenters. The molecule has 0 bridgehead atoms. The molecule has 4 rings (SSSR count). The van der Waals surface area contributed by atoms with E-state index in [1.807, 2.05) is 31.2 Å². The zero-order chi connectivity index (χ0) is 17.4. The molecule has 0 aliphatic heterocycles. The van der Waals surface area contributed by atoms with E-state index in [0.29, 0.717) is 21.9 Å². The molecule has 1 atom stereocenters. The Morgan fingerprint density at radius 3 is 2.72 bits per heavy atom. The lowest BCUT2D eigenvalue weighted by Crippen LogP contribution is -2.22. The second-order valence-corrected chi connectivity index (χ2v) is 6.98. The van der Waals surface area contributed by atoms with Gasteiger partial charge >= 0.3 is 5.69 Å². The van der Waals surface area contributed by atoms with Crippen LogP contribution in [-0.2, 0) is 4.79 Å². The van der Waals surface area contributed by atoms with Crippen LogP contribution in [0.1, 0.15) is 6.92 Å². The van der Waals surface area contributed by atoms with Gasteiger partial charge in [0.25, 0.3) is 0 Å². The van der Waals surface area contributed by atoms with Gasteiger partial charge in [0.05, 0.1) is 27.3 Å². The number of rotatable bonds is 4. The fourth-order valence-corrected chi connectivity index (χ4v) is 3.38. The average molecular weight is 353 g/mol. The zero-order valence-electron chi connectivity index (χ0n) is 13.3. The van der Waals surface area contributed by atoms with Gasteiger partial charge in [-0.1, -0.05) is 23.9 Å². The monoisotopic (exact) mass is 353 g/mol. The van der Waals surface area contributed by atoms with Crippen LogP contribution in [0.3, 0.4) is 0 Å². The van der Waals surface area contributed by atoms with E-state index in [1.165, 1.54) is 11.8 Å². The third-order valence-electron chi connectivity index (χ3n) is 3.81. The number of hydrogen-bond acceptors (Lipinski definition) is 4. The van der Waals surface area contributed by atoms with Crippen LogP contribution in [-0.4, -0.2) is 31.1 Å². The summed E-state index contributed by atoms with van der Waals surface area (Å²) in [5.41, 5.74) is 3.53. The first kappa shape index (κ1) is 15.5. The number of para-hydroxylation sites is 2. The van der Waals surface area contributed by atoms with Crippen molar-refractivity contribution in [2.45, 2.75) is 17.3 Å². The maximum absolute atomic E-state index is 12.4. The molecule has 0 saturated carbocycles. The molecular weight excluding hydrogens is 338 g/mol. The van der Waals surface area contributed by atoms with Gasteiger partial charge < -0.3 is 20.3 Å². The molecule has 0 aliphatic carbocycles. The molecule has 0 aliphatic rings. The van der Waals surface area contributed by atoms with Gasteiger partial charge in [-0.05, 0) is 37.3 Å². The highest BCUT2D eigenvalue weighted by Gasteiger charge is 2.17. The first-order chi connectivity index (χ1) is 12.1. The molecular formula is C17H15N5O2S. The van der Waals surface area contributed by atoms with Crippen LogP contribution in [0.4, 0.5) is 5.69 Å². The number of imidazole rings is 2. The maximum atomic E-state index is 12.4. The Morgan fingerprint density at radius 2 is 1.88 bits per heavy atom. The van der Waals surface area contributed by atoms with E-state index >= 15 is 0 Å². The molecule has 0 fully saturated rings. The lowest BCUT2D eigenvalue weighted by atomic mass is 10.2. The molecule has 2 aromatic heterocycles. The molecule has 0 radical (unpaired) electrons. The van der Waals surface area contributed by atoms with Crippen molar-refractivity contribution in [3.05, 3.63) is 52.9 Å². The molecule has 2 heterocycles. The minimum absolute atomic E-state index is 0.136. The summed E-state index contributed by atoms with van der Waals surface area (Å²) < 4.78 is 0. The lowest BCUT2D eigenvalue weighted by Gasteiger charge is -2.10. The standard InChI is InChI=1S/C17H15N5O2S/c1-9(25-17-21-11-4-2-3-5-12(11)22-17)15(23)18-10-6-7-13-14(8-10)20-16(24)19-13/h2-9H,1H3,(H,18,23)(H,21,22)(H2,19,20,24). The summed E-state index contributed by atoms with van der Waals surface area (Å²) in [5.74, 6) is -0.136. The van der Waals surface area contributed by atoms with Gasteiger partial charge in [0.15, 0.2) is 5.16 Å². The Morgan fingerprint density at radius 1 is 1.08 bits per heavy atom. The summed E-state index contributed by atoms with van der Waals surface area (Å²) >= 11 is 1.36. The van der Waals surface area contributed by atoms with Gasteiger partial charge in [0.2, 0.25) is 5.91 Å². The van der Waals surface area contributed by atoms with E-state index in [9.17, 15) is 9.59 Å². The van der Waals surface area contributed by atoms with Crippen LogP contribution in [0.15, 0.2) is 52.4 Å². The summed E-state index contributed by atoms with van der Waals surface area (Å²) in [7, 11) is 0. The number of benzene rings is 2. The third kappa shape index (κ3) is 3.16. The second-order valence-electron chi connectivity index (χ2n) is 5.65. The number of thioether (sulfide) groups is 1. The second kappa shape index (κ2) is 6.14. The number of aromatic amines is 3. The van der Waals surface area contributed by atoms with Gasteiger partial charge in [0.1, 0.15) is 0 Å². The fraction of sp³-hybridized carbons (Fsp3) is 0.118. The minimum Gasteiger partial charge on any atom is -0.333 e. The number of anilines is 1. The lowest BCUT2D eigenvalue weighted by molar-refractivity contribution is -0.115. The summed E-state index contributed by atoms with van der Waals surface area (Å²) in [6.45, 7) is 1.82. The average Bonchev–Trinajstić information content (AvgIpc) is 3.15. The number of nitrogens with one attached hydrogen (secondary N) is 4. The van der Waals surface area contributed by atoms with Crippen LogP contribution >= 0.6 is 11.8 Å². The Bertz CT molecular complexity index is 1090. The summed E-state index contributed by atoms with van der Waals surface area (Å²) in [5, 5.41) is 3.23. The number of amides is 1. The Kier molecular flexibility index (Phi) is 3.81.